The zero-order valence-electron chi connectivity index (χ0n) is 7.60. The third-order valence-corrected chi connectivity index (χ3v) is 1.77. The van der Waals surface area contributed by atoms with Crippen molar-refractivity contribution >= 4 is 17.6 Å². The molecule has 4 heteroatoms. The summed E-state index contributed by atoms with van der Waals surface area (Å²) in [6.07, 6.45) is 4.18. The molecule has 64 valence electrons. The molecule has 0 amide bonds. The summed E-state index contributed by atoms with van der Waals surface area (Å²) in [6.45, 7) is 1.86. The van der Waals surface area contributed by atoms with Gasteiger partial charge in [-0.1, -0.05) is 17.7 Å². The van der Waals surface area contributed by atoms with Crippen molar-refractivity contribution < 1.29 is 61.3 Å². The van der Waals surface area contributed by atoms with Gasteiger partial charge in [0.25, 0.3) is 0 Å². The van der Waals surface area contributed by atoms with Crippen LogP contribution in [0.5, 0.6) is 0 Å². The van der Waals surface area contributed by atoms with Crippen molar-refractivity contribution in [1.29, 1.82) is 0 Å². The predicted molar refractivity (Wildman–Crippen MR) is 43.1 cm³/mol. The van der Waals surface area contributed by atoms with Crippen molar-refractivity contribution in [2.75, 3.05) is 0 Å². The van der Waals surface area contributed by atoms with Gasteiger partial charge in [0.2, 0.25) is 0 Å². The van der Waals surface area contributed by atoms with Gasteiger partial charge in [0.1, 0.15) is 0 Å². The molecule has 0 rings (SSSR count). The maximum Gasteiger partial charge on any atom is 1.00 e. The largest absolute Gasteiger partial charge is 1.00 e. The van der Waals surface area contributed by atoms with Crippen LogP contribution in [-0.4, -0.2) is 5.97 Å². The number of carboxylic acid groups (broad SMARTS) is 1. The number of rotatable bonds is 5. The Balaban J connectivity index is 0. The van der Waals surface area contributed by atoms with E-state index in [0.717, 1.165) is 17.9 Å². The average Bonchev–Trinajstić information content (AvgIpc) is 1.97. The second kappa shape index (κ2) is 10.2. The van der Waals surface area contributed by atoms with Crippen LogP contribution in [0.4, 0.5) is 0 Å². The van der Waals surface area contributed by atoms with Crippen LogP contribution in [0.1, 0.15) is 32.6 Å². The van der Waals surface area contributed by atoms with Crippen LogP contribution >= 0.6 is 11.6 Å². The number of aliphatic carboxylic acids is 1. The van der Waals surface area contributed by atoms with Crippen LogP contribution in [0.25, 0.3) is 0 Å². The molecular weight excluding hydrogens is 203 g/mol. The number of allylic oxidation sites excluding steroid dienone is 2. The first-order chi connectivity index (χ1) is 5.16. The summed E-state index contributed by atoms with van der Waals surface area (Å²) in [5.41, 5.74) is 0. The van der Waals surface area contributed by atoms with Crippen molar-refractivity contribution in [3.8, 4) is 0 Å². The van der Waals surface area contributed by atoms with Crippen LogP contribution in [0.3, 0.4) is 0 Å². The van der Waals surface area contributed by atoms with Gasteiger partial charge in [0, 0.05) is 11.0 Å². The number of hydrogen-bond donors (Lipinski definition) is 0. The molecule has 0 spiro atoms. The zero-order valence-corrected chi connectivity index (χ0v) is 11.5. The van der Waals surface area contributed by atoms with E-state index >= 15 is 0 Å². The SMILES string of the molecule is C/C=C(\Cl)CCCCC(=O)[O-].[K+]. The molecule has 12 heavy (non-hydrogen) atoms. The second-order valence-corrected chi connectivity index (χ2v) is 2.80. The minimum Gasteiger partial charge on any atom is -0.550 e. The molecule has 0 aliphatic carbocycles. The number of carbonyl (C=O) groups excluding carboxylic acids is 1. The molecule has 0 saturated heterocycles. The van der Waals surface area contributed by atoms with E-state index < -0.39 is 5.97 Å². The van der Waals surface area contributed by atoms with E-state index in [4.69, 9.17) is 11.6 Å². The first kappa shape index (κ1) is 15.6. The third kappa shape index (κ3) is 11.1. The summed E-state index contributed by atoms with van der Waals surface area (Å²) >= 11 is 5.68. The average molecular weight is 215 g/mol. The molecule has 0 saturated carbocycles. The summed E-state index contributed by atoms with van der Waals surface area (Å²) in [5, 5.41) is 10.7. The topological polar surface area (TPSA) is 40.1 Å². The van der Waals surface area contributed by atoms with E-state index in [1.807, 2.05) is 13.0 Å². The summed E-state index contributed by atoms with van der Waals surface area (Å²) < 4.78 is 0. The number of carbonyl (C=O) groups is 1. The van der Waals surface area contributed by atoms with Gasteiger partial charge in [0.15, 0.2) is 0 Å². The van der Waals surface area contributed by atoms with E-state index in [9.17, 15) is 9.90 Å². The van der Waals surface area contributed by atoms with Crippen LogP contribution in [0, 0.1) is 0 Å². The molecule has 2 nitrogen and oxygen atoms in total. The number of halogens is 1. The molecule has 0 aromatic rings. The monoisotopic (exact) mass is 214 g/mol. The van der Waals surface area contributed by atoms with E-state index in [0.29, 0.717) is 6.42 Å². The number of unbranched alkanes of at least 4 members (excludes halogenated alkanes) is 1. The van der Waals surface area contributed by atoms with Crippen molar-refractivity contribution in [2.45, 2.75) is 32.6 Å². The molecule has 0 aromatic heterocycles. The summed E-state index contributed by atoms with van der Waals surface area (Å²) in [6, 6.07) is 0. The molecule has 0 fully saturated rings. The Morgan fingerprint density at radius 3 is 2.33 bits per heavy atom. The minimum atomic E-state index is -0.985. The summed E-state index contributed by atoms with van der Waals surface area (Å²) in [7, 11) is 0. The standard InChI is InChI=1S/C8H13ClO2.K/c1-2-7(9)5-3-4-6-8(10)11;/h2H,3-6H2,1H3,(H,10,11);/q;+1/p-1/b7-2-;. The van der Waals surface area contributed by atoms with Gasteiger partial charge in [-0.05, 0) is 32.6 Å². The molecule has 0 aliphatic heterocycles. The molecule has 0 unspecified atom stereocenters. The smallest absolute Gasteiger partial charge is 0.550 e. The molecule has 0 aromatic carbocycles. The number of carboxylic acids is 1. The first-order valence-corrected chi connectivity index (χ1v) is 4.05. The molecule has 0 N–H and O–H groups in total. The van der Waals surface area contributed by atoms with E-state index in [1.54, 1.807) is 0 Å². The second-order valence-electron chi connectivity index (χ2n) is 2.31. The molecule has 0 aliphatic rings. The Hall–Kier alpha value is 1.14. The van der Waals surface area contributed by atoms with E-state index in [1.165, 1.54) is 0 Å². The Labute approximate surface area is 121 Å². The van der Waals surface area contributed by atoms with Gasteiger partial charge in [-0.2, -0.15) is 0 Å². The van der Waals surface area contributed by atoms with Crippen LogP contribution in [-0.2, 0) is 4.79 Å². The van der Waals surface area contributed by atoms with Crippen molar-refractivity contribution in [3.63, 3.8) is 0 Å². The van der Waals surface area contributed by atoms with Gasteiger partial charge in [-0.3, -0.25) is 0 Å². The molecular formula is C8H12ClKO2. The van der Waals surface area contributed by atoms with Gasteiger partial charge in [-0.15, -0.1) is 0 Å². The van der Waals surface area contributed by atoms with Crippen LogP contribution in [0.2, 0.25) is 0 Å². The third-order valence-electron chi connectivity index (χ3n) is 1.36. The maximum atomic E-state index is 9.95. The van der Waals surface area contributed by atoms with Crippen molar-refractivity contribution in [3.05, 3.63) is 11.1 Å². The zero-order chi connectivity index (χ0) is 8.69. The fourth-order valence-corrected chi connectivity index (χ4v) is 0.841. The van der Waals surface area contributed by atoms with E-state index in [-0.39, 0.29) is 57.8 Å². The Morgan fingerprint density at radius 1 is 1.42 bits per heavy atom. The fourth-order valence-electron chi connectivity index (χ4n) is 0.708. The Kier molecular flexibility index (Phi) is 13.3. The summed E-state index contributed by atoms with van der Waals surface area (Å²) in [5.74, 6) is -0.985. The Morgan fingerprint density at radius 2 is 1.92 bits per heavy atom. The normalized spacial score (nSPS) is 10.7. The first-order valence-electron chi connectivity index (χ1n) is 3.67. The van der Waals surface area contributed by atoms with Crippen molar-refractivity contribution in [1.82, 2.24) is 0 Å². The van der Waals surface area contributed by atoms with Gasteiger partial charge in [-0.25, -0.2) is 0 Å². The van der Waals surface area contributed by atoms with Gasteiger partial charge < -0.3 is 9.90 Å². The minimum absolute atomic E-state index is 0. The molecule has 0 bridgehead atoms. The molecule has 0 radical (unpaired) electrons. The predicted octanol–water partition coefficient (Wildman–Crippen LogP) is -1.56. The van der Waals surface area contributed by atoms with Crippen LogP contribution in [0.15, 0.2) is 11.1 Å². The molecule has 0 atom stereocenters. The number of hydrogen-bond acceptors (Lipinski definition) is 2. The maximum absolute atomic E-state index is 9.95. The van der Waals surface area contributed by atoms with Crippen LogP contribution < -0.4 is 56.5 Å². The van der Waals surface area contributed by atoms with Gasteiger partial charge in [0.05, 0.1) is 0 Å². The fraction of sp³-hybridized carbons (Fsp3) is 0.625. The molecule has 0 heterocycles. The summed E-state index contributed by atoms with van der Waals surface area (Å²) in [4.78, 5) is 9.95. The van der Waals surface area contributed by atoms with Gasteiger partial charge >= 0.3 is 51.4 Å². The Bertz CT molecular complexity index is 157. The quantitative estimate of drug-likeness (QED) is 0.411. The van der Waals surface area contributed by atoms with Crippen molar-refractivity contribution in [2.24, 2.45) is 0 Å². The van der Waals surface area contributed by atoms with E-state index in [2.05, 4.69) is 0 Å².